The van der Waals surface area contributed by atoms with E-state index in [-0.39, 0.29) is 10.9 Å². The van der Waals surface area contributed by atoms with Crippen molar-refractivity contribution in [3.8, 4) is 11.3 Å². The number of nitrogens with zero attached hydrogens (tertiary/aromatic N) is 1. The van der Waals surface area contributed by atoms with Crippen LogP contribution in [0.3, 0.4) is 0 Å². The number of rotatable bonds is 3. The molecule has 0 aliphatic rings. The largest absolute Gasteiger partial charge is 0.459 e. The second-order valence-electron chi connectivity index (χ2n) is 5.45. The zero-order valence-electron chi connectivity index (χ0n) is 13.4. The molecule has 26 heavy (non-hydrogen) atoms. The van der Waals surface area contributed by atoms with Gasteiger partial charge in [-0.05, 0) is 35.1 Å². The number of thiocarbonyl (C=S) groups is 1. The number of thiazole rings is 1. The Kier molecular flexibility index (Phi) is 4.47. The van der Waals surface area contributed by atoms with Crippen molar-refractivity contribution in [3.05, 3.63) is 72.0 Å². The Bertz CT molecular complexity index is 1080. The number of carbonyl (C=O) groups excluding carboxylic acids is 1. The number of furan rings is 1. The lowest BCUT2D eigenvalue weighted by Crippen LogP contribution is -2.33. The number of aromatic nitrogens is 1. The van der Waals surface area contributed by atoms with Crippen LogP contribution in [-0.4, -0.2) is 16.0 Å². The molecule has 0 saturated heterocycles. The van der Waals surface area contributed by atoms with Crippen LogP contribution < -0.4 is 10.6 Å². The number of hydrogen-bond acceptors (Lipinski definition) is 5. The first-order valence-corrected chi connectivity index (χ1v) is 9.09. The molecule has 7 heteroatoms. The Morgan fingerprint density at radius 3 is 2.77 bits per heavy atom. The molecule has 0 fully saturated rings. The van der Waals surface area contributed by atoms with Crippen molar-refractivity contribution >= 4 is 50.5 Å². The molecule has 4 rings (SSSR count). The van der Waals surface area contributed by atoms with Crippen molar-refractivity contribution in [2.45, 2.75) is 0 Å². The van der Waals surface area contributed by atoms with Crippen molar-refractivity contribution < 1.29 is 9.21 Å². The maximum atomic E-state index is 11.9. The van der Waals surface area contributed by atoms with Crippen molar-refractivity contribution in [1.29, 1.82) is 0 Å². The summed E-state index contributed by atoms with van der Waals surface area (Å²) in [6, 6.07) is 17.5. The summed E-state index contributed by atoms with van der Waals surface area (Å²) in [5, 5.41) is 10.5. The Balaban J connectivity index is 1.51. The van der Waals surface area contributed by atoms with Gasteiger partial charge in [-0.25, -0.2) is 4.98 Å². The van der Waals surface area contributed by atoms with Gasteiger partial charge in [-0.15, -0.1) is 11.3 Å². The molecule has 0 aliphatic carbocycles. The van der Waals surface area contributed by atoms with Crippen LogP contribution in [0.5, 0.6) is 0 Å². The number of hydrogen-bond donors (Lipinski definition) is 2. The minimum atomic E-state index is -0.404. The molecule has 4 aromatic rings. The predicted octanol–water partition coefficient (Wildman–Crippen LogP) is 4.68. The summed E-state index contributed by atoms with van der Waals surface area (Å²) in [4.78, 5) is 16.5. The Labute approximate surface area is 158 Å². The molecule has 5 nitrogen and oxygen atoms in total. The van der Waals surface area contributed by atoms with Crippen LogP contribution in [0, 0.1) is 0 Å². The summed E-state index contributed by atoms with van der Waals surface area (Å²) in [5.41, 5.74) is 1.91. The molecule has 2 aromatic carbocycles. The van der Waals surface area contributed by atoms with Gasteiger partial charge in [-0.2, -0.15) is 0 Å². The fourth-order valence-corrected chi connectivity index (χ4v) is 3.57. The number of benzene rings is 2. The standard InChI is InChI=1S/C19H13N3O2S2/c23-17(16-9-4-10-24-16)21-18(25)22-19-20-15(11-26-19)14-8-3-6-12-5-1-2-7-13(12)14/h1-11H,(H2,20,21,22,23,25). The Morgan fingerprint density at radius 2 is 1.92 bits per heavy atom. The molecular weight excluding hydrogens is 366 g/mol. The molecule has 0 atom stereocenters. The van der Waals surface area contributed by atoms with E-state index < -0.39 is 5.91 Å². The number of nitrogens with one attached hydrogen (secondary N) is 2. The third kappa shape index (κ3) is 3.35. The number of carbonyl (C=O) groups is 1. The lowest BCUT2D eigenvalue weighted by Gasteiger charge is -2.06. The van der Waals surface area contributed by atoms with Gasteiger partial charge in [0.05, 0.1) is 12.0 Å². The van der Waals surface area contributed by atoms with Crippen LogP contribution in [0.25, 0.3) is 22.0 Å². The monoisotopic (exact) mass is 379 g/mol. The molecule has 2 aromatic heterocycles. The highest BCUT2D eigenvalue weighted by Crippen LogP contribution is 2.30. The van der Waals surface area contributed by atoms with E-state index in [0.717, 1.165) is 22.0 Å². The molecular formula is C19H13N3O2S2. The highest BCUT2D eigenvalue weighted by molar-refractivity contribution is 7.80. The van der Waals surface area contributed by atoms with Crippen molar-refractivity contribution in [2.75, 3.05) is 5.32 Å². The van der Waals surface area contributed by atoms with Crippen LogP contribution in [0.2, 0.25) is 0 Å². The predicted molar refractivity (Wildman–Crippen MR) is 107 cm³/mol. The van der Waals surface area contributed by atoms with E-state index in [1.807, 2.05) is 29.6 Å². The molecule has 1 amide bonds. The minimum Gasteiger partial charge on any atom is -0.459 e. The topological polar surface area (TPSA) is 67.2 Å². The molecule has 0 radical (unpaired) electrons. The van der Waals surface area contributed by atoms with Crippen LogP contribution in [0.1, 0.15) is 10.6 Å². The van der Waals surface area contributed by atoms with Crippen LogP contribution in [0.4, 0.5) is 5.13 Å². The summed E-state index contributed by atoms with van der Waals surface area (Å²) >= 11 is 6.59. The Morgan fingerprint density at radius 1 is 1.08 bits per heavy atom. The molecule has 0 bridgehead atoms. The molecule has 2 heterocycles. The van der Waals surface area contributed by atoms with E-state index in [0.29, 0.717) is 5.13 Å². The van der Waals surface area contributed by atoms with E-state index in [1.54, 1.807) is 12.1 Å². The molecule has 2 N–H and O–H groups in total. The van der Waals surface area contributed by atoms with Gasteiger partial charge in [0.1, 0.15) is 0 Å². The molecule has 0 unspecified atom stereocenters. The molecule has 0 saturated carbocycles. The van der Waals surface area contributed by atoms with E-state index >= 15 is 0 Å². The van der Waals surface area contributed by atoms with E-state index in [9.17, 15) is 4.79 Å². The lowest BCUT2D eigenvalue weighted by atomic mass is 10.0. The second-order valence-corrected chi connectivity index (χ2v) is 6.72. The summed E-state index contributed by atoms with van der Waals surface area (Å²) in [6.07, 6.45) is 1.43. The van der Waals surface area contributed by atoms with E-state index in [4.69, 9.17) is 16.6 Å². The average molecular weight is 379 g/mol. The summed E-state index contributed by atoms with van der Waals surface area (Å²) < 4.78 is 5.04. The highest BCUT2D eigenvalue weighted by Gasteiger charge is 2.12. The maximum Gasteiger partial charge on any atom is 0.293 e. The van der Waals surface area contributed by atoms with Gasteiger partial charge in [-0.3, -0.25) is 10.1 Å². The van der Waals surface area contributed by atoms with Gasteiger partial charge < -0.3 is 9.73 Å². The van der Waals surface area contributed by atoms with Gasteiger partial charge in [0.25, 0.3) is 5.91 Å². The van der Waals surface area contributed by atoms with Gasteiger partial charge in [-0.1, -0.05) is 42.5 Å². The van der Waals surface area contributed by atoms with Gasteiger partial charge in [0.2, 0.25) is 0 Å². The van der Waals surface area contributed by atoms with Crippen molar-refractivity contribution in [2.24, 2.45) is 0 Å². The van der Waals surface area contributed by atoms with Gasteiger partial charge in [0.15, 0.2) is 16.0 Å². The third-order valence-corrected chi connectivity index (χ3v) is 4.72. The fraction of sp³-hybridized carbons (Fsp3) is 0. The average Bonchev–Trinajstić information content (AvgIpc) is 3.33. The van der Waals surface area contributed by atoms with Crippen LogP contribution >= 0.6 is 23.6 Å². The Hall–Kier alpha value is -3.03. The zero-order chi connectivity index (χ0) is 17.9. The summed E-state index contributed by atoms with van der Waals surface area (Å²) in [5.74, 6) is -0.205. The first-order chi connectivity index (χ1) is 12.7. The number of amides is 1. The van der Waals surface area contributed by atoms with E-state index in [1.165, 1.54) is 17.6 Å². The second kappa shape index (κ2) is 7.07. The van der Waals surface area contributed by atoms with Crippen molar-refractivity contribution in [1.82, 2.24) is 10.3 Å². The highest BCUT2D eigenvalue weighted by atomic mass is 32.1. The quantitative estimate of drug-likeness (QED) is 0.506. The number of fused-ring (bicyclic) bond motifs is 1. The third-order valence-electron chi connectivity index (χ3n) is 3.76. The first-order valence-electron chi connectivity index (χ1n) is 7.80. The van der Waals surface area contributed by atoms with Gasteiger partial charge in [0, 0.05) is 10.9 Å². The SMILES string of the molecule is O=C(NC(=S)Nc1nc(-c2cccc3ccccc23)cs1)c1ccco1. The van der Waals surface area contributed by atoms with E-state index in [2.05, 4.69) is 33.8 Å². The van der Waals surface area contributed by atoms with Gasteiger partial charge >= 0.3 is 0 Å². The summed E-state index contributed by atoms with van der Waals surface area (Å²) in [7, 11) is 0. The van der Waals surface area contributed by atoms with Crippen LogP contribution in [0.15, 0.2) is 70.7 Å². The summed E-state index contributed by atoms with van der Waals surface area (Å²) in [6.45, 7) is 0. The first kappa shape index (κ1) is 16.4. The fourth-order valence-electron chi connectivity index (χ4n) is 2.60. The zero-order valence-corrected chi connectivity index (χ0v) is 15.1. The number of anilines is 1. The molecule has 0 aliphatic heterocycles. The van der Waals surface area contributed by atoms with Crippen molar-refractivity contribution in [3.63, 3.8) is 0 Å². The maximum absolute atomic E-state index is 11.9. The smallest absolute Gasteiger partial charge is 0.293 e. The normalized spacial score (nSPS) is 10.6. The molecule has 128 valence electrons. The minimum absolute atomic E-state index is 0.171. The lowest BCUT2D eigenvalue weighted by molar-refractivity contribution is 0.0950. The van der Waals surface area contributed by atoms with Crippen LogP contribution in [-0.2, 0) is 0 Å². The molecule has 0 spiro atoms.